The van der Waals surface area contributed by atoms with Crippen LogP contribution in [-0.4, -0.2) is 35.9 Å². The van der Waals surface area contributed by atoms with E-state index >= 15 is 0 Å². The first kappa shape index (κ1) is 33.7. The van der Waals surface area contributed by atoms with E-state index in [2.05, 4.69) is 0 Å². The van der Waals surface area contributed by atoms with E-state index in [0.717, 1.165) is 26.8 Å². The van der Waals surface area contributed by atoms with Gasteiger partial charge in [0.05, 0.1) is 5.92 Å². The Morgan fingerprint density at radius 1 is 0.727 bits per heavy atom. The van der Waals surface area contributed by atoms with E-state index < -0.39 is 46.9 Å². The van der Waals surface area contributed by atoms with Crippen LogP contribution in [0.15, 0.2) is 39.5 Å². The van der Waals surface area contributed by atoms with Gasteiger partial charge in [-0.05, 0) is 43.9 Å². The molecule has 1 aliphatic carbocycles. The Kier molecular flexibility index (Phi) is 10.9. The number of hydrogen-bond donors (Lipinski definition) is 1. The van der Waals surface area contributed by atoms with Gasteiger partial charge in [0.25, 0.3) is 0 Å². The van der Waals surface area contributed by atoms with Crippen LogP contribution in [0, 0.1) is 5.92 Å². The summed E-state index contributed by atoms with van der Waals surface area (Å²) < 4.78 is 32.4. The molecule has 1 aliphatic rings. The Hall–Kier alpha value is -4.75. The van der Waals surface area contributed by atoms with Crippen LogP contribution in [0.3, 0.4) is 0 Å². The molecular weight excluding hydrogens is 602 g/mol. The minimum atomic E-state index is -0.891. The van der Waals surface area contributed by atoms with Gasteiger partial charge in [-0.25, -0.2) is 0 Å². The van der Waals surface area contributed by atoms with Crippen molar-refractivity contribution in [3.8, 4) is 40.1 Å². The lowest BCUT2D eigenvalue weighted by Crippen LogP contribution is -2.31. The van der Waals surface area contributed by atoms with Crippen molar-refractivity contribution in [3.05, 3.63) is 40.6 Å². The van der Waals surface area contributed by atoms with E-state index in [4.69, 9.17) is 33.8 Å². The monoisotopic (exact) mass is 631 g/mol. The highest BCUT2D eigenvalue weighted by Crippen LogP contribution is 2.40. The van der Waals surface area contributed by atoms with Crippen LogP contribution in [0.1, 0.15) is 53.4 Å². The van der Waals surface area contributed by atoms with Crippen LogP contribution in [-0.2, 0) is 24.0 Å². The van der Waals surface area contributed by atoms with Crippen molar-refractivity contribution in [2.75, 3.05) is 0 Å². The summed E-state index contributed by atoms with van der Waals surface area (Å²) in [4.78, 5) is 73.9. The first-order valence-electron chi connectivity index (χ1n) is 13.3. The molecule has 14 heteroatoms. The molecule has 1 saturated carbocycles. The minimum absolute atomic E-state index is 0. The average Bonchev–Trinajstić information content (AvgIpc) is 2.90. The third kappa shape index (κ3) is 7.99. The molecule has 4 rings (SSSR count). The molecule has 2 aromatic carbocycles. The highest BCUT2D eigenvalue weighted by Gasteiger charge is 2.29. The lowest BCUT2D eigenvalue weighted by molar-refractivity contribution is -0.141. The molecular formula is C30H30ClNO12. The highest BCUT2D eigenvalue weighted by molar-refractivity contribution is 5.92. The zero-order valence-corrected chi connectivity index (χ0v) is 25.1. The number of halogens is 1. The van der Waals surface area contributed by atoms with Crippen molar-refractivity contribution >= 4 is 53.2 Å². The molecule has 0 saturated heterocycles. The van der Waals surface area contributed by atoms with Gasteiger partial charge in [-0.1, -0.05) is 0 Å². The fraction of sp³-hybridized carbons (Fsp3) is 0.333. The van der Waals surface area contributed by atoms with Gasteiger partial charge in [0, 0.05) is 51.4 Å². The third-order valence-corrected chi connectivity index (χ3v) is 6.43. The maximum Gasteiger partial charge on any atom is 0.314 e. The first-order valence-corrected chi connectivity index (χ1v) is 13.3. The van der Waals surface area contributed by atoms with Gasteiger partial charge in [-0.2, -0.15) is 0 Å². The molecule has 44 heavy (non-hydrogen) atoms. The van der Waals surface area contributed by atoms with Gasteiger partial charge in [-0.3, -0.25) is 28.8 Å². The Morgan fingerprint density at radius 3 is 1.91 bits per heavy atom. The predicted molar refractivity (Wildman–Crippen MR) is 156 cm³/mol. The van der Waals surface area contributed by atoms with Crippen molar-refractivity contribution in [2.45, 2.75) is 59.4 Å². The van der Waals surface area contributed by atoms with E-state index in [0.29, 0.717) is 25.7 Å². The Bertz CT molecular complexity index is 1690. The molecule has 0 unspecified atom stereocenters. The van der Waals surface area contributed by atoms with Crippen LogP contribution < -0.4 is 34.8 Å². The molecule has 234 valence electrons. The molecule has 0 atom stereocenters. The Labute approximate surface area is 256 Å². The number of nitrogens with two attached hydrogens (primary N) is 1. The summed E-state index contributed by atoms with van der Waals surface area (Å²) in [5.74, 6) is -5.49. The van der Waals surface area contributed by atoms with Gasteiger partial charge in [0.15, 0.2) is 17.3 Å². The quantitative estimate of drug-likeness (QED) is 0.291. The van der Waals surface area contributed by atoms with E-state index in [1.54, 1.807) is 0 Å². The highest BCUT2D eigenvalue weighted by atomic mass is 35.5. The summed E-state index contributed by atoms with van der Waals surface area (Å²) in [7, 11) is 0. The Balaban J connectivity index is 0.00000529. The van der Waals surface area contributed by atoms with Crippen LogP contribution in [0.4, 0.5) is 0 Å². The smallest absolute Gasteiger partial charge is 0.314 e. The molecule has 1 fully saturated rings. The topological polar surface area (TPSA) is 188 Å². The van der Waals surface area contributed by atoms with Gasteiger partial charge in [-0.15, -0.1) is 12.4 Å². The van der Waals surface area contributed by atoms with Crippen molar-refractivity contribution in [3.63, 3.8) is 0 Å². The Morgan fingerprint density at radius 2 is 1.32 bits per heavy atom. The molecule has 1 heterocycles. The van der Waals surface area contributed by atoms with Crippen molar-refractivity contribution < 1.29 is 52.1 Å². The molecule has 0 amide bonds. The first-order chi connectivity index (χ1) is 20.3. The fourth-order valence-electron chi connectivity index (χ4n) is 4.64. The van der Waals surface area contributed by atoms with Gasteiger partial charge in [0.2, 0.25) is 11.2 Å². The van der Waals surface area contributed by atoms with Crippen molar-refractivity contribution in [1.29, 1.82) is 0 Å². The molecule has 1 aromatic heterocycles. The number of benzene rings is 2. The number of carbonyl (C=O) groups is 5. The number of fused-ring (bicyclic) bond motifs is 1. The number of rotatable bonds is 7. The van der Waals surface area contributed by atoms with Crippen LogP contribution in [0.25, 0.3) is 22.3 Å². The van der Waals surface area contributed by atoms with Crippen molar-refractivity contribution in [2.24, 2.45) is 11.7 Å². The molecule has 0 aliphatic heterocycles. The number of esters is 5. The summed E-state index contributed by atoms with van der Waals surface area (Å²) in [6.07, 6.45) is 2.34. The standard InChI is InChI=1S/C30H29NO12.ClH/c1-14(32)38-21-12-24(40-16(3)34)26-25(13-21)42-28(29(27(26)36)41-17(4)35)19-7-10-22(39-15(2)33)23(11-19)43-30(37)18-5-8-20(31)9-6-18;/h7,10-13,18,20H,5-6,8-9,31H2,1-4H3;1H. The number of hydrogen-bond acceptors (Lipinski definition) is 13. The van der Waals surface area contributed by atoms with Gasteiger partial charge < -0.3 is 33.8 Å². The summed E-state index contributed by atoms with van der Waals surface area (Å²) in [5.41, 5.74) is 4.96. The molecule has 0 radical (unpaired) electrons. The largest absolute Gasteiger partial charge is 0.452 e. The van der Waals surface area contributed by atoms with Gasteiger partial charge in [0.1, 0.15) is 22.5 Å². The van der Waals surface area contributed by atoms with E-state index in [1.807, 2.05) is 0 Å². The van der Waals surface area contributed by atoms with E-state index in [1.165, 1.54) is 31.2 Å². The summed E-state index contributed by atoms with van der Waals surface area (Å²) in [6.45, 7) is 4.49. The second kappa shape index (κ2) is 14.1. The summed E-state index contributed by atoms with van der Waals surface area (Å²) in [5, 5.41) is -0.273. The minimum Gasteiger partial charge on any atom is -0.452 e. The fourth-order valence-corrected chi connectivity index (χ4v) is 4.64. The molecule has 13 nitrogen and oxygen atoms in total. The van der Waals surface area contributed by atoms with Crippen molar-refractivity contribution in [1.82, 2.24) is 0 Å². The zero-order chi connectivity index (χ0) is 31.4. The maximum absolute atomic E-state index is 13.7. The number of carbonyl (C=O) groups excluding carboxylic acids is 5. The lowest BCUT2D eigenvalue weighted by Gasteiger charge is -2.24. The normalized spacial score (nSPS) is 15.8. The molecule has 3 aromatic rings. The second-order valence-corrected chi connectivity index (χ2v) is 9.95. The molecule has 0 bridgehead atoms. The average molecular weight is 632 g/mol. The summed E-state index contributed by atoms with van der Waals surface area (Å²) >= 11 is 0. The van der Waals surface area contributed by atoms with E-state index in [-0.39, 0.29) is 63.7 Å². The maximum atomic E-state index is 13.7. The van der Waals surface area contributed by atoms with Crippen LogP contribution in [0.5, 0.6) is 28.7 Å². The molecule has 0 spiro atoms. The van der Waals surface area contributed by atoms with E-state index in [9.17, 15) is 28.8 Å². The molecule has 2 N–H and O–H groups in total. The predicted octanol–water partition coefficient (Wildman–Crippen LogP) is 4.01. The lowest BCUT2D eigenvalue weighted by atomic mass is 9.86. The van der Waals surface area contributed by atoms with Gasteiger partial charge >= 0.3 is 29.8 Å². The second-order valence-electron chi connectivity index (χ2n) is 9.95. The zero-order valence-electron chi connectivity index (χ0n) is 24.3. The SMILES string of the molecule is CC(=O)Oc1cc(OC(C)=O)c2c(=O)c(OC(C)=O)c(-c3ccc(OC(C)=O)c(OC(=O)C4CCC(N)CC4)c3)oc2c1.Cl. The number of ether oxygens (including phenoxy) is 5. The summed E-state index contributed by atoms with van der Waals surface area (Å²) in [6, 6.07) is 6.34. The third-order valence-electron chi connectivity index (χ3n) is 6.43. The van der Waals surface area contributed by atoms with Crippen LogP contribution in [0.2, 0.25) is 0 Å². The van der Waals surface area contributed by atoms with Crippen LogP contribution >= 0.6 is 12.4 Å².